The summed E-state index contributed by atoms with van der Waals surface area (Å²) in [6.07, 6.45) is 5.07. The van der Waals surface area contributed by atoms with Crippen LogP contribution in [0.1, 0.15) is 5.56 Å². The molecule has 0 unspecified atom stereocenters. The number of anilines is 1. The van der Waals surface area contributed by atoms with Gasteiger partial charge in [0.1, 0.15) is 5.82 Å². The van der Waals surface area contributed by atoms with E-state index in [4.69, 9.17) is 11.6 Å². The molecular formula is C14H17N5. The molecule has 0 atom stereocenters. The number of hydrogen-bond donors (Lipinski definition) is 3. The highest BCUT2D eigenvalue weighted by Crippen LogP contribution is 2.20. The summed E-state index contributed by atoms with van der Waals surface area (Å²) in [6.45, 7) is 3.61. The van der Waals surface area contributed by atoms with Gasteiger partial charge < -0.3 is 16.1 Å². The van der Waals surface area contributed by atoms with Gasteiger partial charge in [-0.25, -0.2) is 10.8 Å². The first-order valence-corrected chi connectivity index (χ1v) is 5.82. The Balaban J connectivity index is 2.46. The van der Waals surface area contributed by atoms with Gasteiger partial charge in [-0.2, -0.15) is 0 Å². The van der Waals surface area contributed by atoms with Gasteiger partial charge in [0.15, 0.2) is 0 Å². The van der Waals surface area contributed by atoms with Crippen LogP contribution >= 0.6 is 0 Å². The second-order valence-electron chi connectivity index (χ2n) is 4.23. The van der Waals surface area contributed by atoms with Crippen molar-refractivity contribution in [1.82, 2.24) is 9.99 Å². The van der Waals surface area contributed by atoms with Gasteiger partial charge in [0, 0.05) is 24.8 Å². The maximum Gasteiger partial charge on any atom is 0.130 e. The van der Waals surface area contributed by atoms with E-state index in [-0.39, 0.29) is 0 Å². The molecule has 19 heavy (non-hydrogen) atoms. The van der Waals surface area contributed by atoms with Crippen molar-refractivity contribution in [3.8, 4) is 0 Å². The van der Waals surface area contributed by atoms with Gasteiger partial charge in [0.05, 0.1) is 5.70 Å². The zero-order valence-corrected chi connectivity index (χ0v) is 10.8. The van der Waals surface area contributed by atoms with Crippen LogP contribution in [0.25, 0.3) is 16.5 Å². The fourth-order valence-corrected chi connectivity index (χ4v) is 1.80. The fourth-order valence-electron chi connectivity index (χ4n) is 1.80. The molecule has 1 heterocycles. The topological polar surface area (TPSA) is 80.2 Å². The first-order chi connectivity index (χ1) is 9.10. The molecule has 5 heteroatoms. The van der Waals surface area contributed by atoms with E-state index in [1.54, 1.807) is 25.6 Å². The molecule has 0 aliphatic heterocycles. The van der Waals surface area contributed by atoms with E-state index < -0.39 is 0 Å². The number of nitrogens with one attached hydrogen (secondary N) is 1. The van der Waals surface area contributed by atoms with Gasteiger partial charge >= 0.3 is 0 Å². The van der Waals surface area contributed by atoms with E-state index in [1.165, 1.54) is 5.01 Å². The highest BCUT2D eigenvalue weighted by molar-refractivity contribution is 5.87. The number of hydrazine groups is 1. The van der Waals surface area contributed by atoms with E-state index in [9.17, 15) is 0 Å². The Hall–Kier alpha value is -2.53. The second kappa shape index (κ2) is 5.41. The summed E-state index contributed by atoms with van der Waals surface area (Å²) >= 11 is 0. The molecule has 5 nitrogen and oxygen atoms in total. The lowest BCUT2D eigenvalue weighted by atomic mass is 10.1. The normalized spacial score (nSPS) is 11.4. The first kappa shape index (κ1) is 12.9. The van der Waals surface area contributed by atoms with Gasteiger partial charge in [-0.05, 0) is 29.3 Å². The van der Waals surface area contributed by atoms with Crippen LogP contribution in [0.3, 0.4) is 0 Å². The van der Waals surface area contributed by atoms with Crippen LogP contribution in [0.5, 0.6) is 0 Å². The number of hydrogen-bond acceptors (Lipinski definition) is 5. The highest BCUT2D eigenvalue weighted by atomic mass is 15.4. The smallest absolute Gasteiger partial charge is 0.130 e. The Kier molecular flexibility index (Phi) is 3.68. The van der Waals surface area contributed by atoms with Crippen molar-refractivity contribution in [3.05, 3.63) is 55.0 Å². The Morgan fingerprint density at radius 2 is 2.16 bits per heavy atom. The maximum absolute atomic E-state index is 5.98. The zero-order valence-electron chi connectivity index (χ0n) is 10.8. The van der Waals surface area contributed by atoms with Crippen molar-refractivity contribution in [1.29, 1.82) is 0 Å². The van der Waals surface area contributed by atoms with Crippen LogP contribution in [0.4, 0.5) is 5.82 Å². The molecule has 2 aromatic rings. The lowest BCUT2D eigenvalue weighted by Crippen LogP contribution is -2.20. The van der Waals surface area contributed by atoms with E-state index in [1.807, 2.05) is 24.3 Å². The minimum absolute atomic E-state index is 0.613. The van der Waals surface area contributed by atoms with Crippen molar-refractivity contribution >= 4 is 22.3 Å². The summed E-state index contributed by atoms with van der Waals surface area (Å²) in [4.78, 5) is 4.26. The van der Waals surface area contributed by atoms with Crippen molar-refractivity contribution in [3.63, 3.8) is 0 Å². The third-order valence-corrected chi connectivity index (χ3v) is 2.65. The minimum Gasteiger partial charge on any atom is -0.397 e. The lowest BCUT2D eigenvalue weighted by molar-refractivity contribution is 0.486. The third kappa shape index (κ3) is 3.02. The summed E-state index contributed by atoms with van der Waals surface area (Å²) in [5.74, 6) is 6.30. The largest absolute Gasteiger partial charge is 0.397 e. The van der Waals surface area contributed by atoms with E-state index in [0.717, 1.165) is 22.2 Å². The second-order valence-corrected chi connectivity index (χ2v) is 4.23. The fraction of sp³-hybridized carbons (Fsp3) is 0.0714. The molecule has 0 saturated heterocycles. The van der Waals surface area contributed by atoms with Crippen LogP contribution in [0.2, 0.25) is 0 Å². The quantitative estimate of drug-likeness (QED) is 0.574. The number of benzene rings is 1. The van der Waals surface area contributed by atoms with Crippen molar-refractivity contribution in [2.24, 2.45) is 11.6 Å². The number of aromatic nitrogens is 1. The molecular weight excluding hydrogens is 238 g/mol. The lowest BCUT2D eigenvalue weighted by Gasteiger charge is -2.09. The van der Waals surface area contributed by atoms with Gasteiger partial charge in [-0.1, -0.05) is 18.7 Å². The molecule has 1 aromatic heterocycles. The van der Waals surface area contributed by atoms with Crippen molar-refractivity contribution < 1.29 is 0 Å². The summed E-state index contributed by atoms with van der Waals surface area (Å²) in [7, 11) is 1.73. The van der Waals surface area contributed by atoms with Crippen LogP contribution in [0, 0.1) is 0 Å². The molecule has 2 rings (SSSR count). The predicted octanol–water partition coefficient (Wildman–Crippen LogP) is 1.85. The van der Waals surface area contributed by atoms with Crippen molar-refractivity contribution in [2.45, 2.75) is 0 Å². The molecule has 98 valence electrons. The number of pyridine rings is 1. The standard InChI is InChI=1S/C14H17N5/c1-3-17-14-7-12-6-10(13(15)9-19(2)16)4-5-11(12)8-18-14/h3-9H,1,15-16H2,2H3,(H,17,18)/b13-9-. The molecule has 0 amide bonds. The van der Waals surface area contributed by atoms with Gasteiger partial charge in [-0.15, -0.1) is 0 Å². The SMILES string of the molecule is C=CNc1cc2cc(/C(N)=C/N(C)N)ccc2cn1. The number of fused-ring (bicyclic) bond motifs is 1. The van der Waals surface area contributed by atoms with Crippen molar-refractivity contribution in [2.75, 3.05) is 12.4 Å². The zero-order chi connectivity index (χ0) is 13.8. The number of nitrogens with zero attached hydrogens (tertiary/aromatic N) is 2. The number of rotatable bonds is 4. The van der Waals surface area contributed by atoms with Gasteiger partial charge in [-0.3, -0.25) is 0 Å². The van der Waals surface area contributed by atoms with Crippen LogP contribution in [-0.4, -0.2) is 17.0 Å². The molecule has 0 aliphatic rings. The Bertz CT molecular complexity index is 631. The maximum atomic E-state index is 5.98. The molecule has 0 fully saturated rings. The van der Waals surface area contributed by atoms with Crippen LogP contribution in [-0.2, 0) is 0 Å². The van der Waals surface area contributed by atoms with Crippen LogP contribution < -0.4 is 16.9 Å². The van der Waals surface area contributed by atoms with E-state index >= 15 is 0 Å². The summed E-state index contributed by atoms with van der Waals surface area (Å²) in [5.41, 5.74) is 7.51. The van der Waals surface area contributed by atoms with Gasteiger partial charge in [0.25, 0.3) is 0 Å². The molecule has 0 aliphatic carbocycles. The Morgan fingerprint density at radius 1 is 1.37 bits per heavy atom. The Morgan fingerprint density at radius 3 is 2.84 bits per heavy atom. The van der Waals surface area contributed by atoms with Gasteiger partial charge in [0.2, 0.25) is 0 Å². The monoisotopic (exact) mass is 255 g/mol. The molecule has 0 bridgehead atoms. The molecule has 5 N–H and O–H groups in total. The average molecular weight is 255 g/mol. The average Bonchev–Trinajstić information content (AvgIpc) is 2.37. The molecule has 1 aromatic carbocycles. The summed E-state index contributed by atoms with van der Waals surface area (Å²) < 4.78 is 0. The Labute approximate surface area is 112 Å². The summed E-state index contributed by atoms with van der Waals surface area (Å²) in [6, 6.07) is 7.87. The third-order valence-electron chi connectivity index (χ3n) is 2.65. The van der Waals surface area contributed by atoms with E-state index in [0.29, 0.717) is 5.70 Å². The van der Waals surface area contributed by atoms with E-state index in [2.05, 4.69) is 16.9 Å². The summed E-state index contributed by atoms with van der Waals surface area (Å²) in [5, 5.41) is 6.48. The first-order valence-electron chi connectivity index (χ1n) is 5.82. The highest BCUT2D eigenvalue weighted by Gasteiger charge is 2.01. The minimum atomic E-state index is 0.613. The number of nitrogens with two attached hydrogens (primary N) is 2. The molecule has 0 spiro atoms. The molecule has 0 radical (unpaired) electrons. The predicted molar refractivity (Wildman–Crippen MR) is 79.7 cm³/mol. The van der Waals surface area contributed by atoms with Crippen LogP contribution in [0.15, 0.2) is 49.4 Å². The molecule has 0 saturated carbocycles.